The van der Waals surface area contributed by atoms with Crippen LogP contribution in [0, 0.1) is 11.3 Å². The van der Waals surface area contributed by atoms with Gasteiger partial charge < -0.3 is 0 Å². The molecule has 0 aromatic heterocycles. The van der Waals surface area contributed by atoms with Crippen molar-refractivity contribution in [1.29, 1.82) is 5.26 Å². The summed E-state index contributed by atoms with van der Waals surface area (Å²) in [5.41, 5.74) is -2.16. The highest BCUT2D eigenvalue weighted by Crippen LogP contribution is 2.38. The summed E-state index contributed by atoms with van der Waals surface area (Å²) < 4.78 is 60.5. The molecule has 0 saturated heterocycles. The molecule has 0 amide bonds. The van der Waals surface area contributed by atoms with E-state index in [1.807, 2.05) is 0 Å². The van der Waals surface area contributed by atoms with E-state index in [9.17, 15) is 21.6 Å². The molecule has 0 radical (unpaired) electrons. The Kier molecular flexibility index (Phi) is 4.15. The Labute approximate surface area is 110 Å². The molecule has 0 fully saturated rings. The molecule has 0 bridgehead atoms. The zero-order chi connectivity index (χ0) is 14.1. The fourth-order valence-corrected chi connectivity index (χ4v) is 3.18. The van der Waals surface area contributed by atoms with Crippen molar-refractivity contribution >= 4 is 31.3 Å². The molecule has 9 heteroatoms. The minimum atomic E-state index is -4.91. The molecule has 0 aliphatic carbocycles. The van der Waals surface area contributed by atoms with Crippen LogP contribution in [0.5, 0.6) is 0 Å². The second-order valence-electron chi connectivity index (χ2n) is 3.15. The van der Waals surface area contributed by atoms with E-state index in [0.717, 1.165) is 6.07 Å². The van der Waals surface area contributed by atoms with Crippen LogP contribution in [0.3, 0.4) is 0 Å². The van der Waals surface area contributed by atoms with Gasteiger partial charge >= 0.3 is 6.18 Å². The Morgan fingerprint density at radius 2 is 1.89 bits per heavy atom. The average Bonchev–Trinajstić information content (AvgIpc) is 2.24. The third-order valence-corrected chi connectivity index (χ3v) is 3.75. The van der Waals surface area contributed by atoms with E-state index in [1.54, 1.807) is 6.07 Å². The Balaban J connectivity index is 3.85. The predicted octanol–water partition coefficient (Wildman–Crippen LogP) is 3.24. The van der Waals surface area contributed by atoms with Crippen molar-refractivity contribution in [3.8, 4) is 6.07 Å². The molecule has 0 aliphatic rings. The van der Waals surface area contributed by atoms with Crippen LogP contribution in [0.4, 0.5) is 13.2 Å². The third kappa shape index (κ3) is 2.88. The monoisotopic (exact) mass is 317 g/mol. The maximum absolute atomic E-state index is 12.7. The summed E-state index contributed by atoms with van der Waals surface area (Å²) >= 11 is 5.40. The zero-order valence-electron chi connectivity index (χ0n) is 8.42. The molecule has 0 spiro atoms. The van der Waals surface area contributed by atoms with Gasteiger partial charge in [0.05, 0.1) is 23.1 Å². The maximum Gasteiger partial charge on any atom is 0.417 e. The van der Waals surface area contributed by atoms with Gasteiger partial charge in [-0.25, -0.2) is 8.42 Å². The van der Waals surface area contributed by atoms with E-state index in [4.69, 9.17) is 27.5 Å². The highest BCUT2D eigenvalue weighted by molar-refractivity contribution is 8.13. The third-order valence-electron chi connectivity index (χ3n) is 2.06. The van der Waals surface area contributed by atoms with Gasteiger partial charge in [-0.3, -0.25) is 0 Å². The van der Waals surface area contributed by atoms with Gasteiger partial charge in [0.1, 0.15) is 4.90 Å². The van der Waals surface area contributed by atoms with Gasteiger partial charge in [-0.15, -0.1) is 11.6 Å². The van der Waals surface area contributed by atoms with Crippen molar-refractivity contribution in [2.45, 2.75) is 17.0 Å². The number of rotatable bonds is 2. The molecule has 0 unspecified atom stereocenters. The normalized spacial score (nSPS) is 12.2. The first kappa shape index (κ1) is 15.1. The SMILES string of the molecule is N#Cc1ccc(C(F)(F)F)c(S(=O)(=O)Cl)c1CCl. The highest BCUT2D eigenvalue weighted by atomic mass is 35.7. The van der Waals surface area contributed by atoms with E-state index in [0.29, 0.717) is 6.07 Å². The van der Waals surface area contributed by atoms with E-state index < -0.39 is 37.1 Å². The smallest absolute Gasteiger partial charge is 0.207 e. The van der Waals surface area contributed by atoms with Gasteiger partial charge in [-0.1, -0.05) is 0 Å². The molecule has 18 heavy (non-hydrogen) atoms. The van der Waals surface area contributed by atoms with Crippen LogP contribution >= 0.6 is 22.3 Å². The number of hydrogen-bond donors (Lipinski definition) is 0. The van der Waals surface area contributed by atoms with Gasteiger partial charge in [0.25, 0.3) is 9.05 Å². The summed E-state index contributed by atoms with van der Waals surface area (Å²) in [4.78, 5) is -1.16. The first-order valence-electron chi connectivity index (χ1n) is 4.26. The van der Waals surface area contributed by atoms with Gasteiger partial charge in [0.15, 0.2) is 0 Å². The van der Waals surface area contributed by atoms with Crippen molar-refractivity contribution in [3.05, 3.63) is 28.8 Å². The molecule has 1 aromatic rings. The number of halogens is 5. The number of nitrogens with zero attached hydrogens (tertiary/aromatic N) is 1. The fourth-order valence-electron chi connectivity index (χ4n) is 1.37. The number of nitriles is 1. The number of hydrogen-bond acceptors (Lipinski definition) is 3. The molecule has 0 heterocycles. The predicted molar refractivity (Wildman–Crippen MR) is 58.8 cm³/mol. The Morgan fingerprint density at radius 3 is 2.22 bits per heavy atom. The van der Waals surface area contributed by atoms with Gasteiger partial charge in [0, 0.05) is 16.2 Å². The maximum atomic E-state index is 12.7. The lowest BCUT2D eigenvalue weighted by Crippen LogP contribution is -2.13. The topological polar surface area (TPSA) is 57.9 Å². The lowest BCUT2D eigenvalue weighted by Gasteiger charge is -2.14. The lowest BCUT2D eigenvalue weighted by molar-refractivity contribution is -0.139. The van der Waals surface area contributed by atoms with Crippen molar-refractivity contribution in [1.82, 2.24) is 0 Å². The summed E-state index contributed by atoms with van der Waals surface area (Å²) in [6.07, 6.45) is -4.91. The van der Waals surface area contributed by atoms with Crippen molar-refractivity contribution in [2.24, 2.45) is 0 Å². The summed E-state index contributed by atoms with van der Waals surface area (Å²) in [6, 6.07) is 2.91. The van der Waals surface area contributed by atoms with Gasteiger partial charge in [-0.2, -0.15) is 18.4 Å². The number of alkyl halides is 4. The standard InChI is InChI=1S/C9H4Cl2F3NO2S/c10-3-6-5(4-15)1-2-7(9(12,13)14)8(6)18(11,16)17/h1-2H,3H2. The fraction of sp³-hybridized carbons (Fsp3) is 0.222. The molecule has 98 valence electrons. The van der Waals surface area contributed by atoms with Crippen molar-refractivity contribution in [3.63, 3.8) is 0 Å². The first-order valence-corrected chi connectivity index (χ1v) is 7.11. The Bertz CT molecular complexity index is 620. The summed E-state index contributed by atoms with van der Waals surface area (Å²) in [5, 5.41) is 8.71. The van der Waals surface area contributed by atoms with E-state index in [2.05, 4.69) is 0 Å². The van der Waals surface area contributed by atoms with Crippen LogP contribution in [-0.4, -0.2) is 8.42 Å². The van der Waals surface area contributed by atoms with Gasteiger partial charge in [0.2, 0.25) is 0 Å². The molecule has 0 atom stereocenters. The second-order valence-corrected chi connectivity index (χ2v) is 5.92. The summed E-state index contributed by atoms with van der Waals surface area (Å²) in [7, 11) is 0.311. The quantitative estimate of drug-likeness (QED) is 0.621. The van der Waals surface area contributed by atoms with Crippen LogP contribution in [0.25, 0.3) is 0 Å². The molecule has 0 N–H and O–H groups in total. The van der Waals surface area contributed by atoms with E-state index in [1.165, 1.54) is 0 Å². The van der Waals surface area contributed by atoms with Crippen LogP contribution in [0.15, 0.2) is 17.0 Å². The molecule has 1 aromatic carbocycles. The van der Waals surface area contributed by atoms with Crippen molar-refractivity contribution in [2.75, 3.05) is 0 Å². The van der Waals surface area contributed by atoms with E-state index >= 15 is 0 Å². The van der Waals surface area contributed by atoms with E-state index in [-0.39, 0.29) is 5.56 Å². The first-order chi connectivity index (χ1) is 8.12. The van der Waals surface area contributed by atoms with Crippen LogP contribution in [0.2, 0.25) is 0 Å². The average molecular weight is 318 g/mol. The largest absolute Gasteiger partial charge is 0.417 e. The number of benzene rings is 1. The Hall–Kier alpha value is -0.970. The molecule has 1 rings (SSSR count). The molecular weight excluding hydrogens is 314 g/mol. The highest BCUT2D eigenvalue weighted by Gasteiger charge is 2.38. The van der Waals surface area contributed by atoms with Crippen LogP contribution < -0.4 is 0 Å². The minimum absolute atomic E-state index is 0.266. The molecule has 0 aliphatic heterocycles. The summed E-state index contributed by atoms with van der Waals surface area (Å²) in [5.74, 6) is -0.575. The van der Waals surface area contributed by atoms with Crippen LogP contribution in [0.1, 0.15) is 16.7 Å². The Morgan fingerprint density at radius 1 is 1.33 bits per heavy atom. The van der Waals surface area contributed by atoms with Crippen LogP contribution in [-0.2, 0) is 21.1 Å². The summed E-state index contributed by atoms with van der Waals surface area (Å²) in [6.45, 7) is 0. The molecule has 0 saturated carbocycles. The van der Waals surface area contributed by atoms with Gasteiger partial charge in [-0.05, 0) is 12.1 Å². The molecule has 3 nitrogen and oxygen atoms in total. The van der Waals surface area contributed by atoms with Crippen molar-refractivity contribution < 1.29 is 21.6 Å². The molecular formula is C9H4Cl2F3NO2S. The lowest BCUT2D eigenvalue weighted by atomic mass is 10.1. The minimum Gasteiger partial charge on any atom is -0.207 e. The zero-order valence-corrected chi connectivity index (χ0v) is 10.8. The second kappa shape index (κ2) is 4.96.